The van der Waals surface area contributed by atoms with Gasteiger partial charge in [0.2, 0.25) is 5.89 Å². The average molecular weight is 609 g/mol. The van der Waals surface area contributed by atoms with E-state index in [9.17, 15) is 0 Å². The Morgan fingerprint density at radius 2 is 1.28 bits per heavy atom. The smallest absolute Gasteiger partial charge is 0.227 e. The molecule has 216 valence electrons. The normalized spacial score (nSPS) is 11.9. The molecule has 10 aromatic rings. The van der Waals surface area contributed by atoms with E-state index >= 15 is 0 Å². The van der Waals surface area contributed by atoms with Crippen LogP contribution >= 0.6 is 11.3 Å². The fourth-order valence-corrected chi connectivity index (χ4v) is 7.94. The molecule has 0 aliphatic rings. The Morgan fingerprint density at radius 1 is 0.522 bits per heavy atom. The number of thiophene rings is 1. The molecule has 0 bridgehead atoms. The van der Waals surface area contributed by atoms with Gasteiger partial charge in [-0.05, 0) is 71.4 Å². The van der Waals surface area contributed by atoms with Crippen LogP contribution in [0.1, 0.15) is 0 Å². The second-order valence-electron chi connectivity index (χ2n) is 11.6. The minimum absolute atomic E-state index is 0.643. The van der Waals surface area contributed by atoms with Crippen molar-refractivity contribution in [3.8, 4) is 11.5 Å². The summed E-state index contributed by atoms with van der Waals surface area (Å²) in [5.74, 6) is 0.643. The first-order valence-electron chi connectivity index (χ1n) is 15.3. The molecule has 4 nitrogen and oxygen atoms in total. The zero-order valence-electron chi connectivity index (χ0n) is 24.5. The molecule has 0 N–H and O–H groups in total. The number of aromatic nitrogens is 1. The van der Waals surface area contributed by atoms with Crippen LogP contribution in [0.3, 0.4) is 0 Å². The molecule has 0 saturated heterocycles. The maximum Gasteiger partial charge on any atom is 0.227 e. The van der Waals surface area contributed by atoms with Gasteiger partial charge in [-0.1, -0.05) is 84.9 Å². The number of hydrogen-bond donors (Lipinski definition) is 0. The lowest BCUT2D eigenvalue weighted by Gasteiger charge is -2.26. The molecule has 0 atom stereocenters. The van der Waals surface area contributed by atoms with Crippen LogP contribution in [0.2, 0.25) is 0 Å². The molecule has 0 spiro atoms. The third-order valence-corrected chi connectivity index (χ3v) is 10.00. The lowest BCUT2D eigenvalue weighted by Crippen LogP contribution is -2.10. The summed E-state index contributed by atoms with van der Waals surface area (Å²) in [7, 11) is 0. The highest BCUT2D eigenvalue weighted by Crippen LogP contribution is 2.46. The second-order valence-corrected chi connectivity index (χ2v) is 12.7. The first-order chi connectivity index (χ1) is 22.8. The van der Waals surface area contributed by atoms with Gasteiger partial charge in [0.25, 0.3) is 0 Å². The molecule has 0 fully saturated rings. The lowest BCUT2D eigenvalue weighted by molar-refractivity contribution is 0.620. The molecule has 0 aliphatic carbocycles. The number of para-hydroxylation sites is 4. The van der Waals surface area contributed by atoms with E-state index in [2.05, 4.69) is 114 Å². The van der Waals surface area contributed by atoms with Crippen molar-refractivity contribution in [2.24, 2.45) is 0 Å². The van der Waals surface area contributed by atoms with Gasteiger partial charge >= 0.3 is 0 Å². The van der Waals surface area contributed by atoms with E-state index in [-0.39, 0.29) is 0 Å². The molecule has 5 heteroatoms. The largest absolute Gasteiger partial charge is 0.454 e. The molecule has 0 amide bonds. The molecule has 7 aromatic carbocycles. The summed E-state index contributed by atoms with van der Waals surface area (Å²) in [5, 5.41) is 6.96. The maximum absolute atomic E-state index is 6.56. The summed E-state index contributed by atoms with van der Waals surface area (Å²) in [4.78, 5) is 7.16. The van der Waals surface area contributed by atoms with Crippen molar-refractivity contribution in [3.05, 3.63) is 146 Å². The minimum Gasteiger partial charge on any atom is -0.454 e. The van der Waals surface area contributed by atoms with Crippen LogP contribution in [0.4, 0.5) is 17.1 Å². The van der Waals surface area contributed by atoms with Gasteiger partial charge in [-0.2, -0.15) is 0 Å². The first-order valence-corrected chi connectivity index (χ1v) is 16.1. The Bertz CT molecular complexity index is 2750. The SMILES string of the molecule is c1ccc2cc(N(c3ccc4c(c3)sc3cccc(-c5nc6ccccc6o5)c34)c3cccc4c3oc3ccccc34)ccc2c1. The number of nitrogens with zero attached hydrogens (tertiary/aromatic N) is 2. The predicted octanol–water partition coefficient (Wildman–Crippen LogP) is 12.4. The number of anilines is 3. The molecule has 0 radical (unpaired) electrons. The zero-order valence-corrected chi connectivity index (χ0v) is 25.3. The fraction of sp³-hybridized carbons (Fsp3) is 0. The van der Waals surface area contributed by atoms with Gasteiger partial charge in [-0.15, -0.1) is 11.3 Å². The van der Waals surface area contributed by atoms with Gasteiger partial charge in [0, 0.05) is 47.9 Å². The van der Waals surface area contributed by atoms with E-state index in [1.165, 1.54) is 25.6 Å². The van der Waals surface area contributed by atoms with Crippen LogP contribution < -0.4 is 4.90 Å². The van der Waals surface area contributed by atoms with Gasteiger partial charge in [0.05, 0.1) is 5.69 Å². The number of hydrogen-bond acceptors (Lipinski definition) is 5. The van der Waals surface area contributed by atoms with Crippen molar-refractivity contribution in [1.82, 2.24) is 4.98 Å². The van der Waals surface area contributed by atoms with Gasteiger partial charge in [-0.25, -0.2) is 4.98 Å². The van der Waals surface area contributed by atoms with Crippen molar-refractivity contribution in [2.75, 3.05) is 4.90 Å². The third kappa shape index (κ3) is 3.82. The highest BCUT2D eigenvalue weighted by molar-refractivity contribution is 7.26. The van der Waals surface area contributed by atoms with Crippen LogP contribution in [0, 0.1) is 0 Å². The maximum atomic E-state index is 6.56. The quantitative estimate of drug-likeness (QED) is 0.199. The van der Waals surface area contributed by atoms with Gasteiger partial charge in [0.1, 0.15) is 11.1 Å². The molecule has 0 aliphatic heterocycles. The number of benzene rings is 7. The van der Waals surface area contributed by atoms with E-state index in [0.717, 1.165) is 61.1 Å². The van der Waals surface area contributed by atoms with E-state index in [1.807, 2.05) is 36.4 Å². The van der Waals surface area contributed by atoms with Gasteiger partial charge < -0.3 is 13.7 Å². The Balaban J connectivity index is 1.21. The molecule has 46 heavy (non-hydrogen) atoms. The van der Waals surface area contributed by atoms with Gasteiger partial charge in [-0.3, -0.25) is 0 Å². The number of furan rings is 1. The molecular formula is C41H24N2O2S. The van der Waals surface area contributed by atoms with Crippen molar-refractivity contribution in [3.63, 3.8) is 0 Å². The highest BCUT2D eigenvalue weighted by atomic mass is 32.1. The number of rotatable bonds is 4. The van der Waals surface area contributed by atoms with Crippen LogP contribution in [0.15, 0.2) is 154 Å². The van der Waals surface area contributed by atoms with Crippen molar-refractivity contribution in [2.45, 2.75) is 0 Å². The van der Waals surface area contributed by atoms with E-state index in [4.69, 9.17) is 13.8 Å². The molecule has 10 rings (SSSR count). The average Bonchev–Trinajstić information content (AvgIpc) is 3.82. The van der Waals surface area contributed by atoms with Gasteiger partial charge in [0.15, 0.2) is 11.2 Å². The van der Waals surface area contributed by atoms with Crippen LogP contribution in [0.5, 0.6) is 0 Å². The van der Waals surface area contributed by atoms with Crippen LogP contribution in [-0.2, 0) is 0 Å². The highest BCUT2D eigenvalue weighted by Gasteiger charge is 2.21. The summed E-state index contributed by atoms with van der Waals surface area (Å²) in [6.45, 7) is 0. The van der Waals surface area contributed by atoms with Crippen LogP contribution in [0.25, 0.3) is 75.4 Å². The topological polar surface area (TPSA) is 42.4 Å². The van der Waals surface area contributed by atoms with E-state index < -0.39 is 0 Å². The number of oxazole rings is 1. The molecular weight excluding hydrogens is 585 g/mol. The molecule has 3 heterocycles. The number of fused-ring (bicyclic) bond motifs is 8. The summed E-state index contributed by atoms with van der Waals surface area (Å²) in [5.41, 5.74) is 7.54. The fourth-order valence-electron chi connectivity index (χ4n) is 6.77. The van der Waals surface area contributed by atoms with Crippen molar-refractivity contribution >= 4 is 92.4 Å². The van der Waals surface area contributed by atoms with Crippen molar-refractivity contribution < 1.29 is 8.83 Å². The lowest BCUT2D eigenvalue weighted by atomic mass is 10.0. The first kappa shape index (κ1) is 25.4. The van der Waals surface area contributed by atoms with E-state index in [0.29, 0.717) is 5.89 Å². The summed E-state index contributed by atoms with van der Waals surface area (Å²) in [6, 6.07) is 50.9. The van der Waals surface area contributed by atoms with Crippen molar-refractivity contribution in [1.29, 1.82) is 0 Å². The predicted molar refractivity (Wildman–Crippen MR) is 192 cm³/mol. The Kier molecular flexibility index (Phi) is 5.41. The summed E-state index contributed by atoms with van der Waals surface area (Å²) in [6.07, 6.45) is 0. The molecule has 0 unspecified atom stereocenters. The molecule has 0 saturated carbocycles. The zero-order chi connectivity index (χ0) is 30.2. The summed E-state index contributed by atoms with van der Waals surface area (Å²) >= 11 is 1.79. The minimum atomic E-state index is 0.643. The van der Waals surface area contributed by atoms with Crippen LogP contribution in [-0.4, -0.2) is 4.98 Å². The monoisotopic (exact) mass is 608 g/mol. The van der Waals surface area contributed by atoms with E-state index in [1.54, 1.807) is 11.3 Å². The Labute approximate surface area is 267 Å². The second kappa shape index (κ2) is 9.80. The third-order valence-electron chi connectivity index (χ3n) is 8.88. The molecule has 3 aromatic heterocycles. The summed E-state index contributed by atoms with van der Waals surface area (Å²) < 4.78 is 15.2. The Morgan fingerprint density at radius 3 is 2.22 bits per heavy atom. The standard InChI is InChI=1S/C41H24N2O2S/c1-2-10-26-23-27(20-19-25(26)9-1)43(34-15-7-12-30-29-11-3-5-16-35(29)44-40(30)34)28-21-22-31-38(24-28)46-37-18-8-13-32(39(31)37)41-42-33-14-4-6-17-36(33)45-41/h1-24H. The Hall–Kier alpha value is -5.91.